The van der Waals surface area contributed by atoms with E-state index < -0.39 is 67.4 Å². The van der Waals surface area contributed by atoms with E-state index in [4.69, 9.17) is 47.4 Å². The van der Waals surface area contributed by atoms with Crippen LogP contribution < -0.4 is 0 Å². The molecule has 10 heteroatoms. The normalized spacial score (nSPS) is 35.3. The molecule has 0 bridgehead atoms. The number of fused-ring (bicyclic) bond motifs is 2. The minimum Gasteiger partial charge on any atom is -0.368 e. The molecule has 0 radical (unpaired) electrons. The zero-order valence-electron chi connectivity index (χ0n) is 26.3. The van der Waals surface area contributed by atoms with Crippen LogP contribution in [0.25, 0.3) is 0 Å². The third kappa shape index (κ3) is 7.07. The first-order chi connectivity index (χ1) is 22.5. The Balaban J connectivity index is 1.18. The average Bonchev–Trinajstić information content (AvgIpc) is 3.43. The van der Waals surface area contributed by atoms with E-state index in [2.05, 4.69) is 0 Å². The van der Waals surface area contributed by atoms with Crippen LogP contribution in [0.4, 0.5) is 0 Å². The third-order valence-corrected chi connectivity index (χ3v) is 8.69. The first-order valence-corrected chi connectivity index (χ1v) is 15.9. The highest BCUT2D eigenvalue weighted by Crippen LogP contribution is 2.41. The summed E-state index contributed by atoms with van der Waals surface area (Å²) in [6, 6.07) is 29.9. The lowest BCUT2D eigenvalue weighted by atomic mass is 9.96. The van der Waals surface area contributed by atoms with E-state index in [0.29, 0.717) is 13.2 Å². The summed E-state index contributed by atoms with van der Waals surface area (Å²) in [6.45, 7) is 4.92. The van der Waals surface area contributed by atoms with Gasteiger partial charge in [-0.1, -0.05) is 91.0 Å². The first kappa shape index (κ1) is 31.8. The Labute approximate surface area is 269 Å². The van der Waals surface area contributed by atoms with Crippen molar-refractivity contribution in [1.82, 2.24) is 0 Å². The average molecular weight is 635 g/mol. The maximum absolute atomic E-state index is 6.75. The van der Waals surface area contributed by atoms with E-state index in [9.17, 15) is 0 Å². The maximum Gasteiger partial charge on any atom is 0.187 e. The molecule has 0 amide bonds. The lowest BCUT2D eigenvalue weighted by Gasteiger charge is -2.50. The van der Waals surface area contributed by atoms with Crippen molar-refractivity contribution < 1.29 is 47.4 Å². The highest BCUT2D eigenvalue weighted by Gasteiger charge is 2.56. The fourth-order valence-electron chi connectivity index (χ4n) is 6.52. The van der Waals surface area contributed by atoms with E-state index in [0.717, 1.165) is 16.7 Å². The van der Waals surface area contributed by atoms with Gasteiger partial charge in [-0.3, -0.25) is 0 Å². The Bertz CT molecular complexity index is 1380. The summed E-state index contributed by atoms with van der Waals surface area (Å²) in [5.41, 5.74) is 2.96. The molecule has 246 valence electrons. The van der Waals surface area contributed by atoms with E-state index in [1.54, 1.807) is 7.11 Å². The summed E-state index contributed by atoms with van der Waals surface area (Å²) in [6.07, 6.45) is -5.68. The molecule has 4 aliphatic heterocycles. The van der Waals surface area contributed by atoms with Crippen LogP contribution in [-0.2, 0) is 60.6 Å². The minimum absolute atomic E-state index is 0.219. The van der Waals surface area contributed by atoms with Crippen molar-refractivity contribution in [1.29, 1.82) is 0 Å². The van der Waals surface area contributed by atoms with Crippen LogP contribution in [-0.4, -0.2) is 81.4 Å². The van der Waals surface area contributed by atoms with Crippen molar-refractivity contribution in [3.8, 4) is 0 Å². The van der Waals surface area contributed by atoms with E-state index in [1.807, 2.05) is 105 Å². The molecular formula is C36H42O10. The van der Waals surface area contributed by atoms with Crippen molar-refractivity contribution in [2.45, 2.75) is 94.4 Å². The smallest absolute Gasteiger partial charge is 0.187 e. The van der Waals surface area contributed by atoms with E-state index >= 15 is 0 Å². The van der Waals surface area contributed by atoms with Crippen LogP contribution in [0.15, 0.2) is 91.0 Å². The van der Waals surface area contributed by atoms with Gasteiger partial charge in [0.25, 0.3) is 0 Å². The lowest BCUT2D eigenvalue weighted by Crippen LogP contribution is -2.65. The largest absolute Gasteiger partial charge is 0.368 e. The molecular weight excluding hydrogens is 592 g/mol. The highest BCUT2D eigenvalue weighted by molar-refractivity contribution is 5.17. The third-order valence-electron chi connectivity index (χ3n) is 8.69. The van der Waals surface area contributed by atoms with Gasteiger partial charge < -0.3 is 47.4 Å². The second-order valence-electron chi connectivity index (χ2n) is 12.4. The molecule has 4 saturated heterocycles. The number of hydrogen-bond acceptors (Lipinski definition) is 10. The summed E-state index contributed by atoms with van der Waals surface area (Å²) >= 11 is 0. The minimum atomic E-state index is -0.855. The first-order valence-electron chi connectivity index (χ1n) is 15.9. The number of benzene rings is 3. The van der Waals surface area contributed by atoms with Crippen LogP contribution in [0.5, 0.6) is 0 Å². The molecule has 3 aromatic rings. The van der Waals surface area contributed by atoms with Gasteiger partial charge in [0.1, 0.15) is 42.7 Å². The van der Waals surface area contributed by atoms with Gasteiger partial charge in [-0.15, -0.1) is 0 Å². The van der Waals surface area contributed by atoms with E-state index in [1.165, 1.54) is 0 Å². The number of ether oxygens (including phenoxy) is 10. The van der Waals surface area contributed by atoms with Crippen molar-refractivity contribution in [2.75, 3.05) is 20.3 Å². The number of hydrogen-bond donors (Lipinski definition) is 0. The van der Waals surface area contributed by atoms with E-state index in [-0.39, 0.29) is 13.2 Å². The summed E-state index contributed by atoms with van der Waals surface area (Å²) in [4.78, 5) is 0. The Morgan fingerprint density at radius 1 is 0.652 bits per heavy atom. The zero-order valence-corrected chi connectivity index (χ0v) is 26.3. The molecule has 4 fully saturated rings. The molecule has 10 atom stereocenters. The highest BCUT2D eigenvalue weighted by atomic mass is 16.8. The topological polar surface area (TPSA) is 92.3 Å². The van der Waals surface area contributed by atoms with Gasteiger partial charge in [-0.25, -0.2) is 0 Å². The van der Waals surface area contributed by atoms with Crippen molar-refractivity contribution in [3.63, 3.8) is 0 Å². The van der Waals surface area contributed by atoms with Gasteiger partial charge in [0, 0.05) is 12.7 Å². The molecule has 0 aliphatic carbocycles. The fraction of sp³-hybridized carbons (Fsp3) is 0.500. The standard InChI is InChI=1S/C36H42O10/c1-36(2)45-29-27(22-41-34(37-3)32(29)46-36)43-35-31(39-20-24-15-9-5-10-16-24)30(38-19-23-13-7-4-8-14-23)28-26(42-35)21-40-33(44-28)25-17-11-6-12-18-25/h4-18,26-35H,19-22H2,1-3H3/t26-,27-,28-,29+,30+,31+,32-,33-,34-,35+/m1/s1. The Morgan fingerprint density at radius 2 is 1.26 bits per heavy atom. The fourth-order valence-corrected chi connectivity index (χ4v) is 6.52. The Morgan fingerprint density at radius 3 is 1.91 bits per heavy atom. The predicted molar refractivity (Wildman–Crippen MR) is 164 cm³/mol. The van der Waals surface area contributed by atoms with Crippen molar-refractivity contribution >= 4 is 0 Å². The molecule has 46 heavy (non-hydrogen) atoms. The quantitative estimate of drug-likeness (QED) is 0.307. The molecule has 0 spiro atoms. The molecule has 3 aromatic carbocycles. The summed E-state index contributed by atoms with van der Waals surface area (Å²) in [5, 5.41) is 0. The van der Waals surface area contributed by atoms with Gasteiger partial charge in [-0.2, -0.15) is 0 Å². The second kappa shape index (κ2) is 14.2. The molecule has 4 aliphatic rings. The summed E-state index contributed by atoms with van der Waals surface area (Å²) in [5.74, 6) is -0.831. The van der Waals surface area contributed by atoms with Crippen molar-refractivity contribution in [2.24, 2.45) is 0 Å². The molecule has 0 N–H and O–H groups in total. The van der Waals surface area contributed by atoms with Gasteiger partial charge in [0.05, 0.1) is 26.4 Å². The van der Waals surface area contributed by atoms with Gasteiger partial charge >= 0.3 is 0 Å². The van der Waals surface area contributed by atoms with Crippen LogP contribution in [0.1, 0.15) is 36.8 Å². The molecule has 7 rings (SSSR count). The lowest BCUT2D eigenvalue weighted by molar-refractivity contribution is -0.384. The number of rotatable bonds is 10. The number of methoxy groups -OCH3 is 1. The van der Waals surface area contributed by atoms with Gasteiger partial charge in [0.15, 0.2) is 24.7 Å². The Hall–Kier alpha value is -2.74. The van der Waals surface area contributed by atoms with Crippen LogP contribution in [0, 0.1) is 0 Å². The SMILES string of the molecule is CO[C@@H]1OC[C@@H](O[C@@H]2O[C@@H]3CO[C@@H](c4ccccc4)O[C@H]3[C@H](OCc3ccccc3)[C@@H]2OCc2ccccc2)[C@@H]2OC(C)(C)O[C@@H]12. The van der Waals surface area contributed by atoms with Crippen LogP contribution in [0.2, 0.25) is 0 Å². The van der Waals surface area contributed by atoms with Gasteiger partial charge in [0.2, 0.25) is 0 Å². The second-order valence-corrected chi connectivity index (χ2v) is 12.4. The molecule has 0 unspecified atom stereocenters. The van der Waals surface area contributed by atoms with Gasteiger partial charge in [-0.05, 0) is 25.0 Å². The summed E-state index contributed by atoms with van der Waals surface area (Å²) in [7, 11) is 1.59. The maximum atomic E-state index is 6.75. The Kier molecular flexibility index (Phi) is 9.81. The zero-order chi connectivity index (χ0) is 31.5. The summed E-state index contributed by atoms with van der Waals surface area (Å²) < 4.78 is 63.7. The van der Waals surface area contributed by atoms with Crippen LogP contribution >= 0.6 is 0 Å². The molecule has 10 nitrogen and oxygen atoms in total. The molecule has 0 aromatic heterocycles. The van der Waals surface area contributed by atoms with Crippen molar-refractivity contribution in [3.05, 3.63) is 108 Å². The van der Waals surface area contributed by atoms with Crippen LogP contribution in [0.3, 0.4) is 0 Å². The molecule has 0 saturated carbocycles. The monoisotopic (exact) mass is 634 g/mol. The molecule has 4 heterocycles. The predicted octanol–water partition coefficient (Wildman–Crippen LogP) is 4.90.